The summed E-state index contributed by atoms with van der Waals surface area (Å²) in [6.45, 7) is 8.13. The summed E-state index contributed by atoms with van der Waals surface area (Å²) in [4.78, 5) is 14.1. The van der Waals surface area contributed by atoms with Gasteiger partial charge in [0, 0.05) is 26.2 Å². The Morgan fingerprint density at radius 1 is 1.42 bits per heavy atom. The third-order valence-corrected chi connectivity index (χ3v) is 3.39. The van der Waals surface area contributed by atoms with E-state index in [2.05, 4.69) is 39.0 Å². The molecule has 7 heteroatoms. The number of nitrogens with zero attached hydrogens (tertiary/aromatic N) is 3. The number of carbonyl (C=O) groups is 1. The van der Waals surface area contributed by atoms with Gasteiger partial charge in [0.25, 0.3) is 5.91 Å². The second-order valence-corrected chi connectivity index (χ2v) is 5.46. The van der Waals surface area contributed by atoms with Crippen molar-refractivity contribution in [3.05, 3.63) is 5.69 Å². The molecular weight excluding hydrogens is 246 g/mol. The molecule has 0 spiro atoms. The quantitative estimate of drug-likeness (QED) is 0.817. The smallest absolute Gasteiger partial charge is 0.277 e. The fraction of sp³-hybridized carbons (Fsp3) is 0.750. The maximum absolute atomic E-state index is 11.7. The number of nitrogen functional groups attached to an aromatic ring is 1. The zero-order valence-corrected chi connectivity index (χ0v) is 11.4. The molecule has 2 atom stereocenters. The molecule has 0 aromatic carbocycles. The number of nitrogens with two attached hydrogens (primary N) is 1. The lowest BCUT2D eigenvalue weighted by molar-refractivity contribution is 0.0927. The minimum atomic E-state index is -0.336. The van der Waals surface area contributed by atoms with Crippen LogP contribution >= 0.6 is 0 Å². The fourth-order valence-electron chi connectivity index (χ4n) is 2.74. The van der Waals surface area contributed by atoms with Crippen LogP contribution in [0.2, 0.25) is 0 Å². The number of nitrogens with one attached hydrogen (secondary N) is 1. The van der Waals surface area contributed by atoms with Crippen LogP contribution in [-0.2, 0) is 0 Å². The highest BCUT2D eigenvalue weighted by molar-refractivity contribution is 5.95. The number of carbonyl (C=O) groups excluding carboxylic acids is 1. The average molecular weight is 267 g/mol. The summed E-state index contributed by atoms with van der Waals surface area (Å²) in [6.07, 6.45) is 1.28. The van der Waals surface area contributed by atoms with Gasteiger partial charge in [0.15, 0.2) is 0 Å². The topological polar surface area (TPSA) is 97.3 Å². The second-order valence-electron chi connectivity index (χ2n) is 5.46. The maximum Gasteiger partial charge on any atom is 0.277 e. The van der Waals surface area contributed by atoms with Crippen LogP contribution in [0.15, 0.2) is 4.63 Å². The highest BCUT2D eigenvalue weighted by Gasteiger charge is 2.22. The van der Waals surface area contributed by atoms with Crippen molar-refractivity contribution in [2.24, 2.45) is 11.8 Å². The first-order valence-corrected chi connectivity index (χ1v) is 6.65. The van der Waals surface area contributed by atoms with Crippen LogP contribution in [0.4, 0.5) is 5.82 Å². The van der Waals surface area contributed by atoms with E-state index in [4.69, 9.17) is 5.73 Å². The minimum Gasteiger partial charge on any atom is -0.379 e. The van der Waals surface area contributed by atoms with Crippen molar-refractivity contribution in [3.8, 4) is 0 Å². The van der Waals surface area contributed by atoms with Gasteiger partial charge in [0.05, 0.1) is 0 Å². The molecule has 0 bridgehead atoms. The molecule has 0 saturated carbocycles. The predicted molar refractivity (Wildman–Crippen MR) is 70.4 cm³/mol. The molecule has 1 aromatic heterocycles. The van der Waals surface area contributed by atoms with Crippen molar-refractivity contribution >= 4 is 11.7 Å². The highest BCUT2D eigenvalue weighted by Crippen LogP contribution is 2.20. The molecule has 1 aromatic rings. The van der Waals surface area contributed by atoms with Gasteiger partial charge in [-0.3, -0.25) is 4.79 Å². The molecule has 3 N–H and O–H groups in total. The number of aromatic nitrogens is 2. The van der Waals surface area contributed by atoms with Crippen molar-refractivity contribution < 1.29 is 9.42 Å². The van der Waals surface area contributed by atoms with Crippen molar-refractivity contribution in [1.29, 1.82) is 0 Å². The van der Waals surface area contributed by atoms with Crippen molar-refractivity contribution in [1.82, 2.24) is 20.5 Å². The van der Waals surface area contributed by atoms with Crippen molar-refractivity contribution in [3.63, 3.8) is 0 Å². The first-order valence-electron chi connectivity index (χ1n) is 6.65. The zero-order valence-electron chi connectivity index (χ0n) is 11.4. The van der Waals surface area contributed by atoms with Crippen LogP contribution in [0, 0.1) is 11.8 Å². The highest BCUT2D eigenvalue weighted by atomic mass is 16.6. The molecule has 1 aliphatic rings. The molecule has 2 heterocycles. The van der Waals surface area contributed by atoms with Gasteiger partial charge in [0.2, 0.25) is 11.5 Å². The van der Waals surface area contributed by atoms with Crippen LogP contribution in [-0.4, -0.2) is 47.3 Å². The van der Waals surface area contributed by atoms with Gasteiger partial charge >= 0.3 is 0 Å². The Bertz CT molecular complexity index is 424. The molecule has 1 amide bonds. The van der Waals surface area contributed by atoms with Gasteiger partial charge in [-0.1, -0.05) is 13.8 Å². The standard InChI is InChI=1S/C12H21N5O2/c1-8-5-9(2)7-17(6-8)4-3-14-12(18)10-11(13)16-19-15-10/h8-9H,3-7H2,1-2H3,(H2,13,16)(H,14,18)/t8-,9-/m1/s1. The third kappa shape index (κ3) is 3.66. The van der Waals surface area contributed by atoms with Crippen molar-refractivity contribution in [2.45, 2.75) is 20.3 Å². The maximum atomic E-state index is 11.7. The summed E-state index contributed by atoms with van der Waals surface area (Å²) in [5, 5.41) is 9.62. The fourth-order valence-corrected chi connectivity index (χ4v) is 2.74. The van der Waals surface area contributed by atoms with E-state index in [1.807, 2.05) is 0 Å². The Morgan fingerprint density at radius 2 is 2.11 bits per heavy atom. The predicted octanol–water partition coefficient (Wildman–Crippen LogP) is 0.360. The molecule has 1 fully saturated rings. The number of amides is 1. The summed E-state index contributed by atoms with van der Waals surface area (Å²) in [5.74, 6) is 1.12. The Kier molecular flexibility index (Phi) is 4.36. The molecule has 19 heavy (non-hydrogen) atoms. The van der Waals surface area contributed by atoms with Gasteiger partial charge in [-0.15, -0.1) is 0 Å². The summed E-state index contributed by atoms with van der Waals surface area (Å²) in [7, 11) is 0. The van der Waals surface area contributed by atoms with Gasteiger partial charge in [-0.25, -0.2) is 4.63 Å². The normalized spacial score (nSPS) is 24.3. The van der Waals surface area contributed by atoms with E-state index in [9.17, 15) is 4.79 Å². The number of piperidine rings is 1. The Labute approximate surface area is 112 Å². The minimum absolute atomic E-state index is 0.0257. The zero-order chi connectivity index (χ0) is 13.8. The number of likely N-dealkylation sites (tertiary alicyclic amines) is 1. The van der Waals surface area contributed by atoms with Crippen LogP contribution < -0.4 is 11.1 Å². The van der Waals surface area contributed by atoms with E-state index in [1.165, 1.54) is 6.42 Å². The number of hydrogen-bond acceptors (Lipinski definition) is 6. The van der Waals surface area contributed by atoms with Gasteiger partial charge in [-0.05, 0) is 28.6 Å². The molecule has 7 nitrogen and oxygen atoms in total. The van der Waals surface area contributed by atoms with Crippen LogP contribution in [0.5, 0.6) is 0 Å². The molecule has 1 aliphatic heterocycles. The second kappa shape index (κ2) is 6.01. The molecule has 2 rings (SSSR count). The molecular formula is C12H21N5O2. The summed E-state index contributed by atoms with van der Waals surface area (Å²) in [5.41, 5.74) is 5.51. The largest absolute Gasteiger partial charge is 0.379 e. The SMILES string of the molecule is C[C@@H]1C[C@@H](C)CN(CCNC(=O)c2nonc2N)C1. The Morgan fingerprint density at radius 3 is 2.68 bits per heavy atom. The lowest BCUT2D eigenvalue weighted by Crippen LogP contribution is -2.43. The van der Waals surface area contributed by atoms with Crippen LogP contribution in [0.1, 0.15) is 30.8 Å². The summed E-state index contributed by atoms with van der Waals surface area (Å²) < 4.78 is 4.39. The Hall–Kier alpha value is -1.63. The first-order chi connectivity index (χ1) is 9.06. The van der Waals surface area contributed by atoms with Crippen LogP contribution in [0.3, 0.4) is 0 Å². The van der Waals surface area contributed by atoms with Gasteiger partial charge < -0.3 is 16.0 Å². The van der Waals surface area contributed by atoms with Crippen LogP contribution in [0.25, 0.3) is 0 Å². The molecule has 0 radical (unpaired) electrons. The summed E-state index contributed by atoms with van der Waals surface area (Å²) >= 11 is 0. The number of rotatable bonds is 4. The van der Waals surface area contributed by atoms with Crippen molar-refractivity contribution in [2.75, 3.05) is 31.9 Å². The van der Waals surface area contributed by atoms with E-state index in [0.717, 1.165) is 31.5 Å². The van der Waals surface area contributed by atoms with E-state index in [1.54, 1.807) is 0 Å². The molecule has 1 saturated heterocycles. The van der Waals surface area contributed by atoms with E-state index < -0.39 is 0 Å². The van der Waals surface area contributed by atoms with E-state index >= 15 is 0 Å². The lowest BCUT2D eigenvalue weighted by atomic mass is 9.92. The summed E-state index contributed by atoms with van der Waals surface area (Å²) in [6, 6.07) is 0. The van der Waals surface area contributed by atoms with Gasteiger partial charge in [0.1, 0.15) is 0 Å². The van der Waals surface area contributed by atoms with Gasteiger partial charge in [-0.2, -0.15) is 0 Å². The Balaban J connectivity index is 1.75. The molecule has 0 unspecified atom stereocenters. The molecule has 0 aliphatic carbocycles. The molecule has 106 valence electrons. The third-order valence-electron chi connectivity index (χ3n) is 3.39. The number of anilines is 1. The first kappa shape index (κ1) is 13.8. The van der Waals surface area contributed by atoms with E-state index in [-0.39, 0.29) is 17.4 Å². The van der Waals surface area contributed by atoms with E-state index in [0.29, 0.717) is 6.54 Å². The lowest BCUT2D eigenvalue weighted by Gasteiger charge is -2.34. The number of hydrogen-bond donors (Lipinski definition) is 2. The average Bonchev–Trinajstić information content (AvgIpc) is 2.74. The monoisotopic (exact) mass is 267 g/mol.